The highest BCUT2D eigenvalue weighted by atomic mass is 28.3. The highest BCUT2D eigenvalue weighted by Crippen LogP contribution is 2.27. The molecule has 0 saturated carbocycles. The largest absolute Gasteiger partial charge is 0.366 e. The molecule has 3 aromatic heterocycles. The zero-order valence-electron chi connectivity index (χ0n) is 16.9. The van der Waals surface area contributed by atoms with Gasteiger partial charge >= 0.3 is 0 Å². The minimum absolute atomic E-state index is 0.457. The van der Waals surface area contributed by atoms with E-state index in [1.165, 1.54) is 6.33 Å². The lowest BCUT2D eigenvalue weighted by Gasteiger charge is -2.17. The van der Waals surface area contributed by atoms with Crippen molar-refractivity contribution in [1.82, 2.24) is 24.3 Å². The summed E-state index contributed by atoms with van der Waals surface area (Å²) in [7, 11) is -1.11. The van der Waals surface area contributed by atoms with Gasteiger partial charge in [0.05, 0.1) is 11.9 Å². The van der Waals surface area contributed by atoms with E-state index in [9.17, 15) is 10.2 Å². The first-order valence-corrected chi connectivity index (χ1v) is 13.3. The van der Waals surface area contributed by atoms with Crippen LogP contribution in [0.4, 0.5) is 0 Å². The average molecular weight is 404 g/mol. The fourth-order valence-electron chi connectivity index (χ4n) is 3.06. The van der Waals surface area contributed by atoms with Gasteiger partial charge in [0.15, 0.2) is 6.29 Å². The molecule has 0 fully saturated rings. The molecule has 0 aliphatic carbocycles. The normalized spacial score (nSPS) is 13.5. The van der Waals surface area contributed by atoms with Crippen molar-refractivity contribution in [2.75, 3.05) is 6.61 Å². The van der Waals surface area contributed by atoms with Crippen LogP contribution in [0.25, 0.3) is 22.3 Å². The molecule has 8 nitrogen and oxygen atoms in total. The third kappa shape index (κ3) is 4.66. The summed E-state index contributed by atoms with van der Waals surface area (Å²) in [6, 6.07) is 2.61. The molecule has 0 aromatic carbocycles. The van der Waals surface area contributed by atoms with Crippen molar-refractivity contribution in [3.8, 4) is 11.3 Å². The van der Waals surface area contributed by atoms with Gasteiger partial charge in [-0.15, -0.1) is 0 Å². The lowest BCUT2D eigenvalue weighted by Crippen LogP contribution is -2.23. The SMILES string of the molecule is CCC(C(O)O)n1cc(-c2ncnc3c2ccn3COCC[Si](C)(C)C)cn1. The molecule has 1 unspecified atom stereocenters. The van der Waals surface area contributed by atoms with Gasteiger partial charge in [0.1, 0.15) is 24.7 Å². The Labute approximate surface area is 165 Å². The number of fused-ring (bicyclic) bond motifs is 1. The summed E-state index contributed by atoms with van der Waals surface area (Å²) in [5, 5.41) is 24.3. The van der Waals surface area contributed by atoms with Crippen LogP contribution < -0.4 is 0 Å². The molecule has 0 amide bonds. The molecular weight excluding hydrogens is 374 g/mol. The predicted molar refractivity (Wildman–Crippen MR) is 110 cm³/mol. The Balaban J connectivity index is 1.81. The number of rotatable bonds is 9. The second kappa shape index (κ2) is 8.52. The van der Waals surface area contributed by atoms with E-state index >= 15 is 0 Å². The number of ether oxygens (including phenoxy) is 1. The fourth-order valence-corrected chi connectivity index (χ4v) is 3.81. The van der Waals surface area contributed by atoms with Crippen LogP contribution in [0.5, 0.6) is 0 Å². The van der Waals surface area contributed by atoms with Crippen LogP contribution in [0, 0.1) is 0 Å². The van der Waals surface area contributed by atoms with Crippen LogP contribution in [-0.2, 0) is 11.5 Å². The van der Waals surface area contributed by atoms with Gasteiger partial charge in [0.2, 0.25) is 0 Å². The quantitative estimate of drug-likeness (QED) is 0.324. The van der Waals surface area contributed by atoms with Crippen LogP contribution in [0.3, 0.4) is 0 Å². The smallest absolute Gasteiger partial charge is 0.174 e. The summed E-state index contributed by atoms with van der Waals surface area (Å²) in [6.45, 7) is 10.1. The van der Waals surface area contributed by atoms with Gasteiger partial charge in [-0.2, -0.15) is 5.10 Å². The van der Waals surface area contributed by atoms with E-state index in [0.29, 0.717) is 13.2 Å². The lowest BCUT2D eigenvalue weighted by atomic mass is 10.2. The van der Waals surface area contributed by atoms with E-state index < -0.39 is 20.4 Å². The summed E-state index contributed by atoms with van der Waals surface area (Å²) in [6.07, 6.45) is 6.06. The Morgan fingerprint density at radius 1 is 1.21 bits per heavy atom. The number of aliphatic hydroxyl groups excluding tert-OH is 1. The maximum Gasteiger partial charge on any atom is 0.174 e. The Bertz CT molecular complexity index is 916. The molecule has 1 atom stereocenters. The van der Waals surface area contributed by atoms with Crippen molar-refractivity contribution < 1.29 is 14.9 Å². The molecule has 9 heteroatoms. The van der Waals surface area contributed by atoms with E-state index in [1.807, 2.05) is 23.8 Å². The third-order valence-electron chi connectivity index (χ3n) is 4.76. The minimum Gasteiger partial charge on any atom is -0.366 e. The van der Waals surface area contributed by atoms with Crippen molar-refractivity contribution in [1.29, 1.82) is 0 Å². The highest BCUT2D eigenvalue weighted by molar-refractivity contribution is 6.76. The van der Waals surface area contributed by atoms with E-state index in [0.717, 1.165) is 34.9 Å². The second-order valence-corrected chi connectivity index (χ2v) is 13.8. The van der Waals surface area contributed by atoms with Crippen molar-refractivity contribution >= 4 is 19.1 Å². The molecule has 3 rings (SSSR count). The molecule has 28 heavy (non-hydrogen) atoms. The third-order valence-corrected chi connectivity index (χ3v) is 6.46. The molecule has 2 N–H and O–H groups in total. The molecule has 0 aliphatic rings. The molecule has 3 aromatic rings. The van der Waals surface area contributed by atoms with Crippen LogP contribution in [-0.4, -0.2) is 55.5 Å². The number of aromatic nitrogens is 5. The van der Waals surface area contributed by atoms with Crippen molar-refractivity contribution in [2.45, 2.75) is 58.1 Å². The Hall–Kier alpha value is -2.07. The Morgan fingerprint density at radius 2 is 2.00 bits per heavy atom. The van der Waals surface area contributed by atoms with Gasteiger partial charge in [-0.05, 0) is 18.5 Å². The summed E-state index contributed by atoms with van der Waals surface area (Å²) in [5.41, 5.74) is 2.38. The first-order valence-electron chi connectivity index (χ1n) is 9.58. The molecule has 0 radical (unpaired) electrons. The number of hydrogen-bond acceptors (Lipinski definition) is 6. The molecule has 0 spiro atoms. The summed E-state index contributed by atoms with van der Waals surface area (Å²) in [5.74, 6) is 0. The van der Waals surface area contributed by atoms with Crippen molar-refractivity contribution in [2.24, 2.45) is 0 Å². The maximum absolute atomic E-state index is 9.53. The van der Waals surface area contributed by atoms with E-state index in [4.69, 9.17) is 4.74 Å². The fraction of sp³-hybridized carbons (Fsp3) is 0.526. The topological polar surface area (TPSA) is 98.2 Å². The molecule has 0 bridgehead atoms. The van der Waals surface area contributed by atoms with Gasteiger partial charge in [-0.25, -0.2) is 9.97 Å². The standard InChI is InChI=1S/C19H29N5O3Si/c1-5-16(19(25)26)24-11-14(10-22-24)17-15-6-7-23(18(15)21-12-20-17)13-27-8-9-28(2,3)4/h6-7,10-12,16,19,25-26H,5,8-9,13H2,1-4H3. The maximum atomic E-state index is 9.53. The lowest BCUT2D eigenvalue weighted by molar-refractivity contribution is -0.0817. The van der Waals surface area contributed by atoms with Crippen molar-refractivity contribution in [3.05, 3.63) is 31.0 Å². The van der Waals surface area contributed by atoms with E-state index in [1.54, 1.807) is 17.1 Å². The summed E-state index contributed by atoms with van der Waals surface area (Å²) in [4.78, 5) is 8.84. The Morgan fingerprint density at radius 3 is 2.68 bits per heavy atom. The van der Waals surface area contributed by atoms with Gasteiger partial charge in [0, 0.05) is 38.0 Å². The van der Waals surface area contributed by atoms with Crippen LogP contribution in [0.15, 0.2) is 31.0 Å². The second-order valence-electron chi connectivity index (χ2n) is 8.19. The number of hydrogen-bond donors (Lipinski definition) is 2. The first-order chi connectivity index (χ1) is 13.3. The Kier molecular flexibility index (Phi) is 6.29. The minimum atomic E-state index is -1.46. The van der Waals surface area contributed by atoms with Crippen LogP contribution in [0.2, 0.25) is 25.7 Å². The number of aliphatic hydroxyl groups is 2. The van der Waals surface area contributed by atoms with Gasteiger partial charge in [-0.3, -0.25) is 4.68 Å². The molecule has 0 saturated heterocycles. The van der Waals surface area contributed by atoms with Gasteiger partial charge in [0.25, 0.3) is 0 Å². The van der Waals surface area contributed by atoms with Crippen molar-refractivity contribution in [3.63, 3.8) is 0 Å². The molecule has 152 valence electrons. The molecular formula is C19H29N5O3Si. The molecule has 3 heterocycles. The summed E-state index contributed by atoms with van der Waals surface area (Å²) >= 11 is 0. The average Bonchev–Trinajstić information content (AvgIpc) is 3.25. The van der Waals surface area contributed by atoms with Crippen LogP contribution >= 0.6 is 0 Å². The molecule has 0 aliphatic heterocycles. The number of nitrogens with zero attached hydrogens (tertiary/aromatic N) is 5. The zero-order chi connectivity index (χ0) is 20.3. The van der Waals surface area contributed by atoms with Crippen LogP contribution in [0.1, 0.15) is 19.4 Å². The van der Waals surface area contributed by atoms with E-state index in [-0.39, 0.29) is 0 Å². The highest BCUT2D eigenvalue weighted by Gasteiger charge is 2.19. The van der Waals surface area contributed by atoms with E-state index in [2.05, 4.69) is 34.7 Å². The first kappa shape index (κ1) is 20.7. The monoisotopic (exact) mass is 403 g/mol. The van der Waals surface area contributed by atoms with Gasteiger partial charge < -0.3 is 19.5 Å². The summed E-state index contributed by atoms with van der Waals surface area (Å²) < 4.78 is 9.40. The zero-order valence-corrected chi connectivity index (χ0v) is 17.9. The predicted octanol–water partition coefficient (Wildman–Crippen LogP) is 2.87. The van der Waals surface area contributed by atoms with Gasteiger partial charge in [-0.1, -0.05) is 26.6 Å².